The monoisotopic (exact) mass is 137 g/mol. The molecule has 0 saturated heterocycles. The van der Waals surface area contributed by atoms with Crippen LogP contribution in [0.4, 0.5) is 0 Å². The fourth-order valence-corrected chi connectivity index (χ4v) is 0.672. The van der Waals surface area contributed by atoms with Gasteiger partial charge in [-0.2, -0.15) is 0 Å². The second-order valence-electron chi connectivity index (χ2n) is 1.84. The van der Waals surface area contributed by atoms with Crippen molar-refractivity contribution >= 4 is 6.21 Å². The van der Waals surface area contributed by atoms with Crippen molar-refractivity contribution in [3.05, 3.63) is 29.8 Å². The molecule has 3 nitrogen and oxygen atoms in total. The molecule has 3 heteroatoms. The summed E-state index contributed by atoms with van der Waals surface area (Å²) in [5, 5.41) is 19.8. The Balaban J connectivity index is 2.95. The fraction of sp³-hybridized carbons (Fsp3) is 0. The van der Waals surface area contributed by atoms with Gasteiger partial charge >= 0.3 is 0 Å². The Morgan fingerprint density at radius 2 is 2.20 bits per heavy atom. The van der Waals surface area contributed by atoms with Gasteiger partial charge in [-0.05, 0) is 17.7 Å². The first-order valence-corrected chi connectivity index (χ1v) is 2.79. The zero-order valence-electron chi connectivity index (χ0n) is 5.23. The smallest absolute Gasteiger partial charge is 0.116 e. The molecule has 0 bridgehead atoms. The van der Waals surface area contributed by atoms with E-state index in [0.717, 1.165) is 0 Å². The van der Waals surface area contributed by atoms with E-state index in [1.807, 2.05) is 0 Å². The maximum atomic E-state index is 8.90. The van der Waals surface area contributed by atoms with Crippen LogP contribution in [0.25, 0.3) is 0 Å². The van der Waals surface area contributed by atoms with Crippen LogP contribution < -0.4 is 0 Å². The predicted molar refractivity (Wildman–Crippen MR) is 37.5 cm³/mol. The van der Waals surface area contributed by atoms with Crippen LogP contribution in [0.15, 0.2) is 29.4 Å². The summed E-state index contributed by atoms with van der Waals surface area (Å²) >= 11 is 0. The lowest BCUT2D eigenvalue weighted by molar-refractivity contribution is 0.322. The molecule has 10 heavy (non-hydrogen) atoms. The molecule has 0 aromatic heterocycles. The molecule has 0 saturated carbocycles. The minimum atomic E-state index is 0.164. The molecular formula is C7H7NO2. The lowest BCUT2D eigenvalue weighted by Crippen LogP contribution is -1.77. The van der Waals surface area contributed by atoms with Crippen LogP contribution in [0.5, 0.6) is 5.75 Å². The van der Waals surface area contributed by atoms with E-state index in [9.17, 15) is 0 Å². The highest BCUT2D eigenvalue weighted by Gasteiger charge is 1.88. The summed E-state index contributed by atoms with van der Waals surface area (Å²) < 4.78 is 0. The van der Waals surface area contributed by atoms with Gasteiger partial charge < -0.3 is 10.3 Å². The number of rotatable bonds is 1. The van der Waals surface area contributed by atoms with Gasteiger partial charge in [0.25, 0.3) is 0 Å². The highest BCUT2D eigenvalue weighted by atomic mass is 16.4. The first-order chi connectivity index (χ1) is 4.83. The lowest BCUT2D eigenvalue weighted by atomic mass is 10.2. The molecule has 0 amide bonds. The van der Waals surface area contributed by atoms with Crippen LogP contribution in [0.2, 0.25) is 0 Å². The van der Waals surface area contributed by atoms with Crippen LogP contribution in [0.1, 0.15) is 5.56 Å². The van der Waals surface area contributed by atoms with E-state index in [2.05, 4.69) is 5.16 Å². The Kier molecular flexibility index (Phi) is 1.89. The number of hydrogen-bond donors (Lipinski definition) is 2. The maximum absolute atomic E-state index is 8.90. The molecule has 1 rings (SSSR count). The van der Waals surface area contributed by atoms with Crippen molar-refractivity contribution in [2.75, 3.05) is 0 Å². The van der Waals surface area contributed by atoms with E-state index < -0.39 is 0 Å². The first-order valence-electron chi connectivity index (χ1n) is 2.79. The number of hydrogen-bond acceptors (Lipinski definition) is 3. The van der Waals surface area contributed by atoms with Crippen molar-refractivity contribution in [2.45, 2.75) is 0 Å². The van der Waals surface area contributed by atoms with Crippen LogP contribution in [-0.2, 0) is 0 Å². The Bertz CT molecular complexity index is 245. The Morgan fingerprint density at radius 3 is 2.80 bits per heavy atom. The van der Waals surface area contributed by atoms with Crippen LogP contribution >= 0.6 is 0 Å². The first kappa shape index (κ1) is 6.61. The molecule has 0 fully saturated rings. The number of aromatic hydroxyl groups is 1. The molecule has 2 N–H and O–H groups in total. The molecule has 0 atom stereocenters. The largest absolute Gasteiger partial charge is 0.508 e. The molecule has 1 aromatic rings. The minimum absolute atomic E-state index is 0.164. The van der Waals surface area contributed by atoms with Crippen molar-refractivity contribution < 1.29 is 10.3 Å². The van der Waals surface area contributed by atoms with E-state index in [1.165, 1.54) is 12.3 Å². The highest BCUT2D eigenvalue weighted by molar-refractivity contribution is 5.79. The zero-order valence-corrected chi connectivity index (χ0v) is 5.23. The summed E-state index contributed by atoms with van der Waals surface area (Å²) in [6.45, 7) is 0. The maximum Gasteiger partial charge on any atom is 0.116 e. The predicted octanol–water partition coefficient (Wildman–Crippen LogP) is 1.20. The minimum Gasteiger partial charge on any atom is -0.508 e. The molecule has 0 spiro atoms. The Labute approximate surface area is 58.2 Å². The molecule has 1 aromatic carbocycles. The molecule has 0 aliphatic rings. The number of benzene rings is 1. The van der Waals surface area contributed by atoms with Crippen molar-refractivity contribution in [1.29, 1.82) is 0 Å². The van der Waals surface area contributed by atoms with Gasteiger partial charge in [0.05, 0.1) is 6.21 Å². The van der Waals surface area contributed by atoms with Gasteiger partial charge in [-0.1, -0.05) is 17.3 Å². The average molecular weight is 137 g/mol. The van der Waals surface area contributed by atoms with Gasteiger partial charge in [-0.25, -0.2) is 0 Å². The summed E-state index contributed by atoms with van der Waals surface area (Å²) in [5.41, 5.74) is 0.669. The third-order valence-electron chi connectivity index (χ3n) is 1.08. The molecule has 52 valence electrons. The molecule has 0 aliphatic carbocycles. The van der Waals surface area contributed by atoms with Crippen molar-refractivity contribution in [3.8, 4) is 5.75 Å². The number of phenolic OH excluding ortho intramolecular Hbond substituents is 1. The van der Waals surface area contributed by atoms with E-state index in [4.69, 9.17) is 10.3 Å². The highest BCUT2D eigenvalue weighted by Crippen LogP contribution is 2.08. The summed E-state index contributed by atoms with van der Waals surface area (Å²) in [7, 11) is 0. The van der Waals surface area contributed by atoms with E-state index in [1.54, 1.807) is 18.2 Å². The zero-order chi connectivity index (χ0) is 7.40. The van der Waals surface area contributed by atoms with Gasteiger partial charge in [0.2, 0.25) is 0 Å². The molecule has 0 heterocycles. The van der Waals surface area contributed by atoms with E-state index in [-0.39, 0.29) is 5.75 Å². The topological polar surface area (TPSA) is 52.8 Å². The summed E-state index contributed by atoms with van der Waals surface area (Å²) in [6.07, 6.45) is 1.25. The number of oxime groups is 1. The third kappa shape index (κ3) is 1.48. The van der Waals surface area contributed by atoms with Crippen LogP contribution in [-0.4, -0.2) is 16.5 Å². The molecule has 0 radical (unpaired) electrons. The second-order valence-corrected chi connectivity index (χ2v) is 1.84. The Hall–Kier alpha value is -1.51. The quantitative estimate of drug-likeness (QED) is 0.347. The van der Waals surface area contributed by atoms with Crippen LogP contribution in [0.3, 0.4) is 0 Å². The average Bonchev–Trinajstić information content (AvgIpc) is 1.88. The van der Waals surface area contributed by atoms with Gasteiger partial charge in [-0.3, -0.25) is 0 Å². The van der Waals surface area contributed by atoms with Gasteiger partial charge in [0.15, 0.2) is 0 Å². The van der Waals surface area contributed by atoms with E-state index >= 15 is 0 Å². The van der Waals surface area contributed by atoms with Crippen molar-refractivity contribution in [2.24, 2.45) is 5.16 Å². The van der Waals surface area contributed by atoms with Crippen LogP contribution in [0, 0.1) is 0 Å². The summed E-state index contributed by atoms with van der Waals surface area (Å²) in [5.74, 6) is 0.164. The molecular weight excluding hydrogens is 130 g/mol. The molecule has 0 unspecified atom stereocenters. The second kappa shape index (κ2) is 2.87. The van der Waals surface area contributed by atoms with Crippen molar-refractivity contribution in [1.82, 2.24) is 0 Å². The Morgan fingerprint density at radius 1 is 1.40 bits per heavy atom. The lowest BCUT2D eigenvalue weighted by Gasteiger charge is -1.91. The SMILES string of the molecule is O/N=C\c1cccc(O)c1. The van der Waals surface area contributed by atoms with Crippen molar-refractivity contribution in [3.63, 3.8) is 0 Å². The fourth-order valence-electron chi connectivity index (χ4n) is 0.672. The summed E-state index contributed by atoms with van der Waals surface area (Å²) in [6, 6.07) is 6.44. The van der Waals surface area contributed by atoms with E-state index in [0.29, 0.717) is 5.56 Å². The molecule has 0 aliphatic heterocycles. The number of phenols is 1. The standard InChI is InChI=1S/C7H7NO2/c9-7-3-1-2-6(4-7)5-8-10/h1-5,9-10H/b8-5-. The summed E-state index contributed by atoms with van der Waals surface area (Å²) in [4.78, 5) is 0. The third-order valence-corrected chi connectivity index (χ3v) is 1.08. The van der Waals surface area contributed by atoms with Gasteiger partial charge in [-0.15, -0.1) is 0 Å². The van der Waals surface area contributed by atoms with Gasteiger partial charge in [0, 0.05) is 0 Å². The number of nitrogens with zero attached hydrogens (tertiary/aromatic N) is 1. The van der Waals surface area contributed by atoms with Gasteiger partial charge in [0.1, 0.15) is 5.75 Å². The normalized spacial score (nSPS) is 10.4.